The van der Waals surface area contributed by atoms with E-state index in [4.69, 9.17) is 18.0 Å². The molecule has 2 aliphatic rings. The van der Waals surface area contributed by atoms with E-state index >= 15 is 0 Å². The largest absolute Gasteiger partial charge is 0.389 e. The van der Waals surface area contributed by atoms with Crippen molar-refractivity contribution in [2.24, 2.45) is 11.7 Å². The van der Waals surface area contributed by atoms with E-state index in [2.05, 4.69) is 22.3 Å². The van der Waals surface area contributed by atoms with Crippen molar-refractivity contribution in [3.8, 4) is 0 Å². The first-order valence-corrected chi connectivity index (χ1v) is 7.93. The van der Waals surface area contributed by atoms with E-state index in [1.54, 1.807) is 0 Å². The minimum absolute atomic E-state index is 0.220. The molecular formula is C16H21N3OS. The van der Waals surface area contributed by atoms with Gasteiger partial charge < -0.3 is 11.1 Å². The number of amides is 1. The number of rotatable bonds is 3. The fourth-order valence-electron chi connectivity index (χ4n) is 3.36. The summed E-state index contributed by atoms with van der Waals surface area (Å²) in [5.41, 5.74) is 7.82. The SMILES string of the molecule is NC(=S)c1ccc(CN2CCC3NC(=O)CCC3C2)cc1. The van der Waals surface area contributed by atoms with Gasteiger partial charge in [-0.05, 0) is 24.3 Å². The summed E-state index contributed by atoms with van der Waals surface area (Å²) in [6.07, 6.45) is 2.76. The van der Waals surface area contributed by atoms with Crippen LogP contribution in [0.15, 0.2) is 24.3 Å². The van der Waals surface area contributed by atoms with Gasteiger partial charge >= 0.3 is 0 Å². The Balaban J connectivity index is 1.59. The highest BCUT2D eigenvalue weighted by Crippen LogP contribution is 2.26. The van der Waals surface area contributed by atoms with Crippen LogP contribution in [0.2, 0.25) is 0 Å². The smallest absolute Gasteiger partial charge is 0.220 e. The van der Waals surface area contributed by atoms with E-state index in [1.807, 2.05) is 12.1 Å². The molecule has 2 atom stereocenters. The number of hydrogen-bond donors (Lipinski definition) is 2. The molecule has 4 nitrogen and oxygen atoms in total. The molecule has 3 rings (SSSR count). The first kappa shape index (κ1) is 14.5. The summed E-state index contributed by atoms with van der Waals surface area (Å²) in [6.45, 7) is 3.06. The number of piperidine rings is 2. The van der Waals surface area contributed by atoms with Gasteiger partial charge in [0, 0.05) is 37.7 Å². The van der Waals surface area contributed by atoms with Gasteiger partial charge in [0.15, 0.2) is 0 Å². The first-order valence-electron chi connectivity index (χ1n) is 7.52. The molecule has 0 aromatic heterocycles. The van der Waals surface area contributed by atoms with Crippen LogP contribution in [0.25, 0.3) is 0 Å². The third-order valence-electron chi connectivity index (χ3n) is 4.55. The monoisotopic (exact) mass is 303 g/mol. The van der Waals surface area contributed by atoms with E-state index in [9.17, 15) is 4.79 Å². The van der Waals surface area contributed by atoms with Crippen LogP contribution in [0.3, 0.4) is 0 Å². The number of thiocarbonyl (C=S) groups is 1. The van der Waals surface area contributed by atoms with E-state index in [-0.39, 0.29) is 5.91 Å². The number of carbonyl (C=O) groups is 1. The average molecular weight is 303 g/mol. The number of nitrogens with two attached hydrogens (primary N) is 1. The Kier molecular flexibility index (Phi) is 4.22. The molecule has 2 saturated heterocycles. The third kappa shape index (κ3) is 3.41. The second-order valence-electron chi connectivity index (χ2n) is 6.06. The molecule has 0 spiro atoms. The second-order valence-corrected chi connectivity index (χ2v) is 6.50. The minimum atomic E-state index is 0.220. The molecule has 0 aliphatic carbocycles. The third-order valence-corrected chi connectivity index (χ3v) is 4.79. The van der Waals surface area contributed by atoms with Crippen LogP contribution in [0, 0.1) is 5.92 Å². The highest BCUT2D eigenvalue weighted by atomic mass is 32.1. The van der Waals surface area contributed by atoms with Gasteiger partial charge in [-0.25, -0.2) is 0 Å². The molecule has 0 radical (unpaired) electrons. The normalized spacial score (nSPS) is 26.0. The molecule has 1 aromatic rings. The van der Waals surface area contributed by atoms with Crippen molar-refractivity contribution in [1.29, 1.82) is 0 Å². The minimum Gasteiger partial charge on any atom is -0.389 e. The van der Waals surface area contributed by atoms with Gasteiger partial charge in [-0.15, -0.1) is 0 Å². The molecule has 21 heavy (non-hydrogen) atoms. The summed E-state index contributed by atoms with van der Waals surface area (Å²) in [5, 5.41) is 3.13. The van der Waals surface area contributed by atoms with E-state index in [0.717, 1.165) is 38.0 Å². The lowest BCUT2D eigenvalue weighted by Gasteiger charge is -2.41. The zero-order chi connectivity index (χ0) is 14.8. The molecule has 1 aromatic carbocycles. The zero-order valence-corrected chi connectivity index (χ0v) is 12.9. The number of nitrogens with zero attached hydrogens (tertiary/aromatic N) is 1. The number of carbonyl (C=O) groups excluding carboxylic acids is 1. The predicted octanol–water partition coefficient (Wildman–Crippen LogP) is 1.42. The van der Waals surface area contributed by atoms with Gasteiger partial charge in [0.25, 0.3) is 0 Å². The second kappa shape index (κ2) is 6.12. The summed E-state index contributed by atoms with van der Waals surface area (Å²) in [6, 6.07) is 8.57. The van der Waals surface area contributed by atoms with Crippen molar-refractivity contribution < 1.29 is 4.79 Å². The van der Waals surface area contributed by atoms with E-state index in [1.165, 1.54) is 5.56 Å². The summed E-state index contributed by atoms with van der Waals surface area (Å²) < 4.78 is 0. The molecule has 2 unspecified atom stereocenters. The van der Waals surface area contributed by atoms with Crippen LogP contribution in [0.5, 0.6) is 0 Å². The van der Waals surface area contributed by atoms with Crippen molar-refractivity contribution >= 4 is 23.1 Å². The van der Waals surface area contributed by atoms with E-state index in [0.29, 0.717) is 23.4 Å². The Bertz CT molecular complexity index is 543. The quantitative estimate of drug-likeness (QED) is 0.829. The summed E-state index contributed by atoms with van der Waals surface area (Å²) >= 11 is 4.97. The maximum atomic E-state index is 11.4. The Hall–Kier alpha value is -1.46. The van der Waals surface area contributed by atoms with Crippen LogP contribution < -0.4 is 11.1 Å². The highest BCUT2D eigenvalue weighted by molar-refractivity contribution is 7.80. The molecule has 2 fully saturated rings. The molecule has 3 N–H and O–H groups in total. The van der Waals surface area contributed by atoms with Crippen LogP contribution in [-0.2, 0) is 11.3 Å². The van der Waals surface area contributed by atoms with Crippen LogP contribution in [0.4, 0.5) is 0 Å². The van der Waals surface area contributed by atoms with Crippen molar-refractivity contribution in [2.45, 2.75) is 31.8 Å². The lowest BCUT2D eigenvalue weighted by atomic mass is 9.85. The summed E-state index contributed by atoms with van der Waals surface area (Å²) in [5.74, 6) is 0.824. The maximum Gasteiger partial charge on any atom is 0.220 e. The lowest BCUT2D eigenvalue weighted by Crippen LogP contribution is -2.53. The Morgan fingerprint density at radius 2 is 2.10 bits per heavy atom. The van der Waals surface area contributed by atoms with Crippen molar-refractivity contribution in [3.63, 3.8) is 0 Å². The molecule has 2 heterocycles. The van der Waals surface area contributed by atoms with Gasteiger partial charge in [0.05, 0.1) is 0 Å². The molecule has 2 aliphatic heterocycles. The highest BCUT2D eigenvalue weighted by Gasteiger charge is 2.33. The molecular weight excluding hydrogens is 282 g/mol. The topological polar surface area (TPSA) is 58.4 Å². The van der Waals surface area contributed by atoms with Crippen LogP contribution >= 0.6 is 12.2 Å². The Morgan fingerprint density at radius 3 is 2.81 bits per heavy atom. The van der Waals surface area contributed by atoms with Crippen molar-refractivity contribution in [1.82, 2.24) is 10.2 Å². The number of fused-ring (bicyclic) bond motifs is 1. The Labute approximate surface area is 130 Å². The Morgan fingerprint density at radius 1 is 1.33 bits per heavy atom. The zero-order valence-electron chi connectivity index (χ0n) is 12.0. The average Bonchev–Trinajstić information content (AvgIpc) is 2.48. The molecule has 1 amide bonds. The van der Waals surface area contributed by atoms with Gasteiger partial charge in [-0.1, -0.05) is 36.5 Å². The number of benzene rings is 1. The van der Waals surface area contributed by atoms with Crippen LogP contribution in [-0.4, -0.2) is 34.9 Å². The number of likely N-dealkylation sites (tertiary alicyclic amines) is 1. The van der Waals surface area contributed by atoms with E-state index < -0.39 is 0 Å². The molecule has 0 saturated carbocycles. The van der Waals surface area contributed by atoms with Crippen LogP contribution in [0.1, 0.15) is 30.4 Å². The van der Waals surface area contributed by atoms with Gasteiger partial charge in [0.1, 0.15) is 4.99 Å². The first-order chi connectivity index (χ1) is 10.1. The fraction of sp³-hybridized carbons (Fsp3) is 0.500. The number of hydrogen-bond acceptors (Lipinski definition) is 3. The standard InChI is InChI=1S/C16H21N3OS/c17-16(21)12-3-1-11(2-4-12)9-19-8-7-14-13(10-19)5-6-15(20)18-14/h1-4,13-14H,5-10H2,(H2,17,21)(H,18,20). The summed E-state index contributed by atoms with van der Waals surface area (Å²) in [7, 11) is 0. The maximum absolute atomic E-state index is 11.4. The van der Waals surface area contributed by atoms with Crippen molar-refractivity contribution in [2.75, 3.05) is 13.1 Å². The van der Waals surface area contributed by atoms with Gasteiger partial charge in [0.2, 0.25) is 5.91 Å². The predicted molar refractivity (Wildman–Crippen MR) is 86.9 cm³/mol. The molecule has 0 bridgehead atoms. The van der Waals surface area contributed by atoms with Gasteiger partial charge in [-0.3, -0.25) is 9.69 Å². The lowest BCUT2D eigenvalue weighted by molar-refractivity contribution is -0.125. The fourth-order valence-corrected chi connectivity index (χ4v) is 3.50. The molecule has 5 heteroatoms. The summed E-state index contributed by atoms with van der Waals surface area (Å²) in [4.78, 5) is 14.4. The molecule has 112 valence electrons. The van der Waals surface area contributed by atoms with Gasteiger partial charge in [-0.2, -0.15) is 0 Å². The van der Waals surface area contributed by atoms with Crippen molar-refractivity contribution in [3.05, 3.63) is 35.4 Å². The number of nitrogens with one attached hydrogen (secondary N) is 1.